The van der Waals surface area contributed by atoms with Gasteiger partial charge in [0, 0.05) is 30.9 Å². The van der Waals surface area contributed by atoms with Crippen molar-refractivity contribution >= 4 is 23.1 Å². The number of halogens is 1. The van der Waals surface area contributed by atoms with E-state index >= 15 is 0 Å². The fourth-order valence-corrected chi connectivity index (χ4v) is 3.97. The topological polar surface area (TPSA) is 83.3 Å². The SMILES string of the molecule is CNCc1nc(Nc2ccc(-c3cnc4cc(F)ccn34)c3c2C(=O)NC3)ccc1C. The summed E-state index contributed by atoms with van der Waals surface area (Å²) in [6.07, 6.45) is 3.35. The second kappa shape index (κ2) is 7.48. The third kappa shape index (κ3) is 3.30. The summed E-state index contributed by atoms with van der Waals surface area (Å²) in [4.78, 5) is 21.7. The van der Waals surface area contributed by atoms with E-state index in [2.05, 4.69) is 25.9 Å². The van der Waals surface area contributed by atoms with E-state index in [-0.39, 0.29) is 11.7 Å². The van der Waals surface area contributed by atoms with Crippen molar-refractivity contribution in [2.24, 2.45) is 0 Å². The highest BCUT2D eigenvalue weighted by Crippen LogP contribution is 2.35. The van der Waals surface area contributed by atoms with Crippen LogP contribution in [0.4, 0.5) is 15.9 Å². The van der Waals surface area contributed by atoms with E-state index in [0.29, 0.717) is 35.8 Å². The van der Waals surface area contributed by atoms with Gasteiger partial charge < -0.3 is 16.0 Å². The summed E-state index contributed by atoms with van der Waals surface area (Å²) in [6.45, 7) is 3.10. The molecule has 0 atom stereocenters. The Morgan fingerprint density at radius 3 is 2.94 bits per heavy atom. The number of amides is 1. The number of aromatic nitrogens is 3. The minimum Gasteiger partial charge on any atom is -0.348 e. The van der Waals surface area contributed by atoms with E-state index in [9.17, 15) is 9.18 Å². The number of hydrogen-bond acceptors (Lipinski definition) is 5. The number of nitrogens with zero attached hydrogens (tertiary/aromatic N) is 3. The minimum absolute atomic E-state index is 0.137. The maximum absolute atomic E-state index is 13.6. The van der Waals surface area contributed by atoms with Gasteiger partial charge in [0.1, 0.15) is 17.3 Å². The van der Waals surface area contributed by atoms with Crippen LogP contribution in [0.1, 0.15) is 27.2 Å². The molecular formula is C23H21FN6O. The monoisotopic (exact) mass is 416 g/mol. The second-order valence-electron chi connectivity index (χ2n) is 7.53. The molecule has 0 unspecified atom stereocenters. The maximum atomic E-state index is 13.6. The first kappa shape index (κ1) is 19.2. The van der Waals surface area contributed by atoms with Gasteiger partial charge >= 0.3 is 0 Å². The third-order valence-corrected chi connectivity index (χ3v) is 5.53. The van der Waals surface area contributed by atoms with Crippen LogP contribution in [0.2, 0.25) is 0 Å². The molecule has 8 heteroatoms. The van der Waals surface area contributed by atoms with Crippen LogP contribution in [0.25, 0.3) is 16.9 Å². The van der Waals surface area contributed by atoms with Gasteiger partial charge in [0.15, 0.2) is 0 Å². The largest absolute Gasteiger partial charge is 0.348 e. The first-order valence-corrected chi connectivity index (χ1v) is 10.0. The Hall–Kier alpha value is -3.78. The minimum atomic E-state index is -0.338. The van der Waals surface area contributed by atoms with Crippen molar-refractivity contribution in [1.29, 1.82) is 0 Å². The molecule has 31 heavy (non-hydrogen) atoms. The van der Waals surface area contributed by atoms with E-state index in [1.54, 1.807) is 12.4 Å². The van der Waals surface area contributed by atoms with Gasteiger partial charge in [-0.25, -0.2) is 14.4 Å². The van der Waals surface area contributed by atoms with Gasteiger partial charge in [-0.3, -0.25) is 9.20 Å². The van der Waals surface area contributed by atoms with Gasteiger partial charge in [0.05, 0.1) is 28.8 Å². The van der Waals surface area contributed by atoms with Gasteiger partial charge in [-0.2, -0.15) is 0 Å². The lowest BCUT2D eigenvalue weighted by Crippen LogP contribution is -2.14. The fourth-order valence-electron chi connectivity index (χ4n) is 3.97. The lowest BCUT2D eigenvalue weighted by molar-refractivity contribution is 0.0966. The molecular weight excluding hydrogens is 395 g/mol. The molecule has 0 spiro atoms. The molecule has 0 saturated carbocycles. The Bertz CT molecular complexity index is 1330. The molecule has 3 aromatic heterocycles. The predicted octanol–water partition coefficient (Wildman–Crippen LogP) is 3.55. The highest BCUT2D eigenvalue weighted by Gasteiger charge is 2.27. The van der Waals surface area contributed by atoms with Crippen molar-refractivity contribution in [2.75, 3.05) is 12.4 Å². The molecule has 0 bridgehead atoms. The molecule has 0 radical (unpaired) electrons. The van der Waals surface area contributed by atoms with Crippen LogP contribution in [-0.2, 0) is 13.1 Å². The van der Waals surface area contributed by atoms with E-state index in [0.717, 1.165) is 28.1 Å². The molecule has 0 saturated heterocycles. The summed E-state index contributed by atoms with van der Waals surface area (Å²) in [5.74, 6) is 0.201. The normalized spacial score (nSPS) is 12.8. The Labute approximate surface area is 178 Å². The number of pyridine rings is 2. The standard InChI is InChI=1S/C23H21FN6O/c1-13-3-6-20(29-18(13)11-25-2)28-17-5-4-15(16-10-27-23(31)22(16)17)19-12-26-21-9-14(24)7-8-30(19)21/h3-9,12,25H,10-11H2,1-2H3,(H,27,31)(H,28,29). The summed E-state index contributed by atoms with van der Waals surface area (Å²) in [6, 6.07) is 10.5. The van der Waals surface area contributed by atoms with Crippen molar-refractivity contribution < 1.29 is 9.18 Å². The van der Waals surface area contributed by atoms with Crippen molar-refractivity contribution in [3.8, 4) is 11.3 Å². The van der Waals surface area contributed by atoms with Crippen molar-refractivity contribution in [2.45, 2.75) is 20.0 Å². The molecule has 5 rings (SSSR count). The smallest absolute Gasteiger partial charge is 0.254 e. The fraction of sp³-hybridized carbons (Fsp3) is 0.174. The van der Waals surface area contributed by atoms with Gasteiger partial charge in [-0.1, -0.05) is 12.1 Å². The average Bonchev–Trinajstić information content (AvgIpc) is 3.35. The number of hydrogen-bond donors (Lipinski definition) is 3. The quantitative estimate of drug-likeness (QED) is 0.463. The number of imidazole rings is 1. The van der Waals surface area contributed by atoms with E-state index in [4.69, 9.17) is 0 Å². The molecule has 4 aromatic rings. The van der Waals surface area contributed by atoms with Gasteiger partial charge in [0.2, 0.25) is 0 Å². The molecule has 7 nitrogen and oxygen atoms in total. The number of carbonyl (C=O) groups excluding carboxylic acids is 1. The molecule has 1 aromatic carbocycles. The van der Waals surface area contributed by atoms with E-state index < -0.39 is 0 Å². The van der Waals surface area contributed by atoms with Crippen LogP contribution >= 0.6 is 0 Å². The van der Waals surface area contributed by atoms with Crippen LogP contribution in [0.5, 0.6) is 0 Å². The molecule has 156 valence electrons. The Kier molecular flexibility index (Phi) is 4.63. The highest BCUT2D eigenvalue weighted by atomic mass is 19.1. The molecule has 3 N–H and O–H groups in total. The van der Waals surface area contributed by atoms with Crippen LogP contribution in [0.15, 0.2) is 48.8 Å². The van der Waals surface area contributed by atoms with Gasteiger partial charge in [-0.15, -0.1) is 0 Å². The highest BCUT2D eigenvalue weighted by molar-refractivity contribution is 6.06. The van der Waals surface area contributed by atoms with Crippen LogP contribution in [-0.4, -0.2) is 27.3 Å². The summed E-state index contributed by atoms with van der Waals surface area (Å²) >= 11 is 0. The van der Waals surface area contributed by atoms with Crippen LogP contribution in [0.3, 0.4) is 0 Å². The van der Waals surface area contributed by atoms with Crippen LogP contribution < -0.4 is 16.0 Å². The molecule has 0 fully saturated rings. The molecule has 4 heterocycles. The number of benzene rings is 1. The summed E-state index contributed by atoms with van der Waals surface area (Å²) in [7, 11) is 1.88. The second-order valence-corrected chi connectivity index (χ2v) is 7.53. The number of fused-ring (bicyclic) bond motifs is 2. The van der Waals surface area contributed by atoms with E-state index in [1.165, 1.54) is 12.1 Å². The predicted molar refractivity (Wildman–Crippen MR) is 117 cm³/mol. The van der Waals surface area contributed by atoms with Crippen molar-refractivity contribution in [1.82, 2.24) is 25.0 Å². The number of carbonyl (C=O) groups is 1. The number of aryl methyl sites for hydroxylation is 1. The first-order valence-electron chi connectivity index (χ1n) is 10.0. The van der Waals surface area contributed by atoms with Crippen molar-refractivity contribution in [3.05, 3.63) is 77.0 Å². The van der Waals surface area contributed by atoms with E-state index in [1.807, 2.05) is 42.6 Å². The molecule has 0 aliphatic carbocycles. The average molecular weight is 416 g/mol. The van der Waals surface area contributed by atoms with Crippen LogP contribution in [0, 0.1) is 12.7 Å². The molecule has 1 amide bonds. The van der Waals surface area contributed by atoms with Crippen molar-refractivity contribution in [3.63, 3.8) is 0 Å². The Morgan fingerprint density at radius 2 is 2.10 bits per heavy atom. The lowest BCUT2D eigenvalue weighted by atomic mass is 9.99. The summed E-state index contributed by atoms with van der Waals surface area (Å²) < 4.78 is 15.4. The lowest BCUT2D eigenvalue weighted by Gasteiger charge is -2.14. The zero-order valence-electron chi connectivity index (χ0n) is 17.2. The third-order valence-electron chi connectivity index (χ3n) is 5.53. The Morgan fingerprint density at radius 1 is 1.23 bits per heavy atom. The zero-order chi connectivity index (χ0) is 21.5. The number of anilines is 2. The van der Waals surface area contributed by atoms with Gasteiger partial charge in [0.25, 0.3) is 5.91 Å². The Balaban J connectivity index is 1.58. The maximum Gasteiger partial charge on any atom is 0.254 e. The zero-order valence-corrected chi connectivity index (χ0v) is 17.2. The first-order chi connectivity index (χ1) is 15.0. The summed E-state index contributed by atoms with van der Waals surface area (Å²) in [5, 5.41) is 9.34. The number of nitrogens with one attached hydrogen (secondary N) is 3. The summed E-state index contributed by atoms with van der Waals surface area (Å²) in [5.41, 5.74) is 6.41. The number of rotatable bonds is 5. The molecule has 1 aliphatic heterocycles. The molecule has 1 aliphatic rings. The van der Waals surface area contributed by atoms with Gasteiger partial charge in [-0.05, 0) is 43.3 Å².